The van der Waals surface area contributed by atoms with Gasteiger partial charge in [0.05, 0.1) is 6.04 Å². The number of aromatic nitrogens is 1. The summed E-state index contributed by atoms with van der Waals surface area (Å²) >= 11 is 0. The minimum atomic E-state index is -1.30. The molecule has 0 unspecified atom stereocenters. The number of nitrogens with two attached hydrogens (primary N) is 1. The zero-order valence-corrected chi connectivity index (χ0v) is 31.5. The van der Waals surface area contributed by atoms with Gasteiger partial charge in [0, 0.05) is 26.1 Å². The molecule has 0 bridgehead atoms. The quantitative estimate of drug-likeness (QED) is 0.102. The normalized spacial score (nSPS) is 17.9. The third-order valence-electron chi connectivity index (χ3n) is 10.2. The average molecular weight is 767 g/mol. The van der Waals surface area contributed by atoms with E-state index in [1.54, 1.807) is 29.2 Å². The van der Waals surface area contributed by atoms with Crippen molar-refractivity contribution in [2.75, 3.05) is 26.2 Å². The molecule has 0 radical (unpaired) electrons. The van der Waals surface area contributed by atoms with Crippen molar-refractivity contribution >= 4 is 40.9 Å². The van der Waals surface area contributed by atoms with Crippen molar-refractivity contribution in [3.63, 3.8) is 0 Å². The van der Waals surface area contributed by atoms with Crippen LogP contribution < -0.4 is 16.4 Å². The number of unbranched alkanes of at least 4 members (excludes halogenated alkanes) is 1. The summed E-state index contributed by atoms with van der Waals surface area (Å²) in [5.41, 5.74) is 8.42. The van der Waals surface area contributed by atoms with Crippen LogP contribution in [0.2, 0.25) is 0 Å². The number of benzene rings is 3. The minimum Gasteiger partial charge on any atom is -0.445 e. The predicted molar refractivity (Wildman–Crippen MR) is 207 cm³/mol. The number of fused-ring (bicyclic) bond motifs is 1. The number of ketones is 1. The molecule has 14 nitrogen and oxygen atoms in total. The number of carbonyl (C=O) groups excluding carboxylic acids is 5. The minimum absolute atomic E-state index is 0.00476. The maximum atomic E-state index is 14.6. The van der Waals surface area contributed by atoms with Crippen LogP contribution in [0.4, 0.5) is 9.59 Å². The largest absolute Gasteiger partial charge is 0.445 e. The Balaban J connectivity index is 1.25. The van der Waals surface area contributed by atoms with Gasteiger partial charge >= 0.3 is 12.2 Å². The Hall–Kier alpha value is -5.76. The molecule has 2 fully saturated rings. The van der Waals surface area contributed by atoms with Crippen molar-refractivity contribution < 1.29 is 37.9 Å². The standard InChI is InChI=1S/C42H50N6O8/c43-24-11-10-19-32(37(49)39-45-31-18-8-9-20-34(31)55-39)44-38(50)36-35(56-42(53)47-25-12-3-13-26-47)23-27-48(36)40(51)33(22-21-29-14-4-1-5-15-29)46-41(52)54-28-30-16-6-2-7-17-30/h1-2,4-9,14-18,20,32-33,35-36H,3,10-13,19,21-28,43H2,(H,44,50)(H,46,52)/t32-,33+,35-,36-/m0/s1. The van der Waals surface area contributed by atoms with Crippen molar-refractivity contribution in [1.82, 2.24) is 25.4 Å². The lowest BCUT2D eigenvalue weighted by Crippen LogP contribution is -2.58. The number of ether oxygens (including phenoxy) is 2. The highest BCUT2D eigenvalue weighted by Gasteiger charge is 2.47. The van der Waals surface area contributed by atoms with Gasteiger partial charge in [-0.15, -0.1) is 0 Å². The highest BCUT2D eigenvalue weighted by Crippen LogP contribution is 2.26. The van der Waals surface area contributed by atoms with Crippen molar-refractivity contribution in [3.8, 4) is 0 Å². The molecule has 0 spiro atoms. The molecular formula is C42H50N6O8. The number of piperidine rings is 1. The van der Waals surface area contributed by atoms with Crippen LogP contribution in [0.1, 0.15) is 73.2 Å². The Kier molecular flexibility index (Phi) is 14.1. The summed E-state index contributed by atoms with van der Waals surface area (Å²) in [6.07, 6.45) is 2.47. The van der Waals surface area contributed by atoms with Gasteiger partial charge in [0.15, 0.2) is 5.58 Å². The third-order valence-corrected chi connectivity index (χ3v) is 10.2. The predicted octanol–water partition coefficient (Wildman–Crippen LogP) is 5.14. The average Bonchev–Trinajstić information content (AvgIpc) is 3.86. The molecular weight excluding hydrogens is 716 g/mol. The Morgan fingerprint density at radius 1 is 0.804 bits per heavy atom. The van der Waals surface area contributed by atoms with Crippen LogP contribution >= 0.6 is 0 Å². The molecule has 2 saturated heterocycles. The Labute approximate surface area is 326 Å². The van der Waals surface area contributed by atoms with E-state index in [1.807, 2.05) is 60.7 Å². The van der Waals surface area contributed by atoms with Gasteiger partial charge in [0.25, 0.3) is 5.89 Å². The molecule has 3 aromatic carbocycles. The lowest BCUT2D eigenvalue weighted by molar-refractivity contribution is -0.142. The van der Waals surface area contributed by atoms with Crippen LogP contribution in [-0.4, -0.2) is 95.0 Å². The number of rotatable bonds is 16. The molecule has 56 heavy (non-hydrogen) atoms. The van der Waals surface area contributed by atoms with E-state index in [1.165, 1.54) is 4.90 Å². The number of aryl methyl sites for hydroxylation is 1. The van der Waals surface area contributed by atoms with Crippen molar-refractivity contribution in [3.05, 3.63) is 102 Å². The fraction of sp³-hybridized carbons (Fsp3) is 0.429. The molecule has 14 heteroatoms. The first-order valence-electron chi connectivity index (χ1n) is 19.5. The first kappa shape index (κ1) is 39.9. The van der Waals surface area contributed by atoms with E-state index in [2.05, 4.69) is 15.6 Å². The maximum absolute atomic E-state index is 14.6. The molecule has 0 saturated carbocycles. The van der Waals surface area contributed by atoms with Crippen molar-refractivity contribution in [1.29, 1.82) is 0 Å². The van der Waals surface area contributed by atoms with Gasteiger partial charge in [-0.3, -0.25) is 14.4 Å². The van der Waals surface area contributed by atoms with Gasteiger partial charge in [-0.2, -0.15) is 0 Å². The Bertz CT molecular complexity index is 1900. The van der Waals surface area contributed by atoms with E-state index in [9.17, 15) is 24.0 Å². The number of amides is 4. The summed E-state index contributed by atoms with van der Waals surface area (Å²) in [6, 6.07) is 22.2. The monoisotopic (exact) mass is 766 g/mol. The number of hydrogen-bond donors (Lipinski definition) is 3. The van der Waals surface area contributed by atoms with E-state index < -0.39 is 54.0 Å². The second-order valence-electron chi connectivity index (χ2n) is 14.2. The number of alkyl carbamates (subject to hydrolysis) is 1. The smallest absolute Gasteiger partial charge is 0.410 e. The van der Waals surface area contributed by atoms with Gasteiger partial charge in [-0.1, -0.05) is 72.8 Å². The molecule has 2 aliphatic rings. The zero-order valence-electron chi connectivity index (χ0n) is 31.5. The molecule has 3 heterocycles. The molecule has 2 aliphatic heterocycles. The molecule has 296 valence electrons. The summed E-state index contributed by atoms with van der Waals surface area (Å²) in [6.45, 7) is 1.51. The number of Topliss-reactive ketones (excluding diaryl/α,β-unsaturated/α-hetero) is 1. The lowest BCUT2D eigenvalue weighted by Gasteiger charge is -2.32. The van der Waals surface area contributed by atoms with E-state index in [0.29, 0.717) is 50.0 Å². The zero-order chi connectivity index (χ0) is 39.3. The summed E-state index contributed by atoms with van der Waals surface area (Å²) in [7, 11) is 0. The van der Waals surface area contributed by atoms with E-state index in [0.717, 1.165) is 30.4 Å². The second-order valence-corrected chi connectivity index (χ2v) is 14.2. The van der Waals surface area contributed by atoms with E-state index >= 15 is 0 Å². The van der Waals surface area contributed by atoms with Gasteiger partial charge in [-0.25, -0.2) is 14.6 Å². The molecule has 4 aromatic rings. The molecule has 4 amide bonds. The summed E-state index contributed by atoms with van der Waals surface area (Å²) in [5.74, 6) is -1.91. The second kappa shape index (κ2) is 19.7. The molecule has 6 rings (SSSR count). The number of para-hydroxylation sites is 2. The lowest BCUT2D eigenvalue weighted by atomic mass is 10.0. The molecule has 0 aliphatic carbocycles. The molecule has 1 aromatic heterocycles. The molecule has 4 atom stereocenters. The van der Waals surface area contributed by atoms with Gasteiger partial charge in [0.1, 0.15) is 30.3 Å². The fourth-order valence-electron chi connectivity index (χ4n) is 7.19. The Morgan fingerprint density at radius 2 is 1.50 bits per heavy atom. The Morgan fingerprint density at radius 3 is 2.21 bits per heavy atom. The summed E-state index contributed by atoms with van der Waals surface area (Å²) < 4.78 is 17.3. The van der Waals surface area contributed by atoms with Crippen LogP contribution in [-0.2, 0) is 32.1 Å². The van der Waals surface area contributed by atoms with Crippen LogP contribution in [0.3, 0.4) is 0 Å². The van der Waals surface area contributed by atoms with Gasteiger partial charge < -0.3 is 40.1 Å². The van der Waals surface area contributed by atoms with Crippen LogP contribution in [0.25, 0.3) is 11.1 Å². The van der Waals surface area contributed by atoms with Crippen molar-refractivity contribution in [2.45, 2.75) is 88.6 Å². The van der Waals surface area contributed by atoms with Crippen LogP contribution in [0.15, 0.2) is 89.3 Å². The van der Waals surface area contributed by atoms with E-state index in [4.69, 9.17) is 19.6 Å². The number of nitrogens with one attached hydrogen (secondary N) is 2. The highest BCUT2D eigenvalue weighted by atomic mass is 16.6. The number of hydrogen-bond acceptors (Lipinski definition) is 10. The van der Waals surface area contributed by atoms with Crippen molar-refractivity contribution in [2.24, 2.45) is 5.73 Å². The SMILES string of the molecule is NCCCC[C@H](NC(=O)[C@@H]1[C@@H](OC(=O)N2CCCCC2)CCN1C(=O)[C@@H](CCc1ccccc1)NC(=O)OCc1ccccc1)C(=O)c1nc2ccccc2o1. The highest BCUT2D eigenvalue weighted by molar-refractivity contribution is 6.01. The van der Waals surface area contributed by atoms with Gasteiger partial charge in [-0.05, 0) is 81.2 Å². The number of oxazole rings is 1. The first-order chi connectivity index (χ1) is 27.3. The third kappa shape index (κ3) is 10.5. The van der Waals surface area contributed by atoms with E-state index in [-0.39, 0.29) is 38.3 Å². The number of likely N-dealkylation sites (tertiary alicyclic amines) is 2. The topological polar surface area (TPSA) is 186 Å². The first-order valence-corrected chi connectivity index (χ1v) is 19.5. The van der Waals surface area contributed by atoms with Gasteiger partial charge in [0.2, 0.25) is 17.6 Å². The maximum Gasteiger partial charge on any atom is 0.410 e. The fourth-order valence-corrected chi connectivity index (χ4v) is 7.19. The van der Waals surface area contributed by atoms with Crippen LogP contribution in [0.5, 0.6) is 0 Å². The number of nitrogens with zero attached hydrogens (tertiary/aromatic N) is 3. The summed E-state index contributed by atoms with van der Waals surface area (Å²) in [4.78, 5) is 76.9. The summed E-state index contributed by atoms with van der Waals surface area (Å²) in [5, 5.41) is 5.61. The van der Waals surface area contributed by atoms with Crippen LogP contribution in [0, 0.1) is 0 Å². The number of carbonyl (C=O) groups is 5. The molecule has 4 N–H and O–H groups in total.